The summed E-state index contributed by atoms with van der Waals surface area (Å²) in [6, 6.07) is 0. The molecule has 1 unspecified atom stereocenters. The third-order valence-corrected chi connectivity index (χ3v) is 4.44. The Morgan fingerprint density at radius 1 is 1.35 bits per heavy atom. The molecule has 0 radical (unpaired) electrons. The molecule has 0 spiro atoms. The summed E-state index contributed by atoms with van der Waals surface area (Å²) in [5, 5.41) is 12.2. The first kappa shape index (κ1) is 17.0. The molecule has 1 saturated carbocycles. The number of carbonyl (C=O) groups excluding carboxylic acids is 1. The number of hydrogen-bond donors (Lipinski definition) is 3. The van der Waals surface area contributed by atoms with Gasteiger partial charge in [-0.15, -0.1) is 0 Å². The molecule has 1 aliphatic carbocycles. The summed E-state index contributed by atoms with van der Waals surface area (Å²) in [6.45, 7) is 4.82. The van der Waals surface area contributed by atoms with E-state index in [1.807, 2.05) is 0 Å². The molecule has 1 amide bonds. The average molecular weight is 284 g/mol. The second kappa shape index (κ2) is 7.62. The van der Waals surface area contributed by atoms with Crippen molar-refractivity contribution in [3.05, 3.63) is 0 Å². The molecule has 0 heterocycles. The van der Waals surface area contributed by atoms with Gasteiger partial charge in [0, 0.05) is 6.42 Å². The maximum Gasteiger partial charge on any atom is 0.329 e. The molecule has 0 bridgehead atoms. The van der Waals surface area contributed by atoms with E-state index in [2.05, 4.69) is 19.2 Å². The fourth-order valence-electron chi connectivity index (χ4n) is 2.78. The van der Waals surface area contributed by atoms with E-state index < -0.39 is 11.5 Å². The zero-order valence-corrected chi connectivity index (χ0v) is 12.7. The summed E-state index contributed by atoms with van der Waals surface area (Å²) in [6.07, 6.45) is 4.82. The van der Waals surface area contributed by atoms with Gasteiger partial charge in [-0.05, 0) is 56.9 Å². The predicted octanol–water partition coefficient (Wildman–Crippen LogP) is 1.90. The second-order valence-corrected chi connectivity index (χ2v) is 6.34. The topological polar surface area (TPSA) is 92.4 Å². The molecule has 4 N–H and O–H groups in total. The number of hydrogen-bond acceptors (Lipinski definition) is 3. The molecule has 1 aliphatic rings. The third-order valence-electron chi connectivity index (χ3n) is 4.44. The maximum atomic E-state index is 12.0. The third kappa shape index (κ3) is 4.78. The van der Waals surface area contributed by atoms with Gasteiger partial charge in [-0.1, -0.05) is 13.8 Å². The van der Waals surface area contributed by atoms with Crippen molar-refractivity contribution in [3.63, 3.8) is 0 Å². The van der Waals surface area contributed by atoms with Gasteiger partial charge in [-0.3, -0.25) is 4.79 Å². The van der Waals surface area contributed by atoms with E-state index in [1.54, 1.807) is 0 Å². The van der Waals surface area contributed by atoms with Gasteiger partial charge in [0.25, 0.3) is 0 Å². The van der Waals surface area contributed by atoms with Crippen LogP contribution in [0.4, 0.5) is 0 Å². The molecule has 5 heteroatoms. The lowest BCUT2D eigenvalue weighted by molar-refractivity contribution is -0.149. The zero-order valence-electron chi connectivity index (χ0n) is 12.7. The standard InChI is InChI=1S/C15H28N2O3/c1-11(7-10-16)3-4-13(18)17-15(14(19)20)8-5-12(2)6-9-15/h11-12H,3-10,16H2,1-2H3,(H,17,18)(H,19,20). The summed E-state index contributed by atoms with van der Waals surface area (Å²) in [7, 11) is 0. The summed E-state index contributed by atoms with van der Waals surface area (Å²) >= 11 is 0. The van der Waals surface area contributed by atoms with E-state index >= 15 is 0 Å². The van der Waals surface area contributed by atoms with Crippen LogP contribution in [-0.2, 0) is 9.59 Å². The molecule has 1 fully saturated rings. The van der Waals surface area contributed by atoms with Crippen LogP contribution in [0, 0.1) is 11.8 Å². The van der Waals surface area contributed by atoms with Crippen LogP contribution in [-0.4, -0.2) is 29.1 Å². The maximum absolute atomic E-state index is 12.0. The lowest BCUT2D eigenvalue weighted by atomic mass is 9.77. The monoisotopic (exact) mass is 284 g/mol. The number of amides is 1. The van der Waals surface area contributed by atoms with E-state index in [-0.39, 0.29) is 5.91 Å². The normalized spacial score (nSPS) is 27.9. The SMILES string of the molecule is CC(CCN)CCC(=O)NC1(C(=O)O)CCC(C)CC1. The Balaban J connectivity index is 2.50. The molecule has 0 aromatic heterocycles. The number of carbonyl (C=O) groups is 2. The van der Waals surface area contributed by atoms with Crippen molar-refractivity contribution in [1.82, 2.24) is 5.32 Å². The lowest BCUT2D eigenvalue weighted by Gasteiger charge is -2.36. The molecule has 0 saturated heterocycles. The minimum absolute atomic E-state index is 0.147. The lowest BCUT2D eigenvalue weighted by Crippen LogP contribution is -2.56. The number of carboxylic acids is 1. The van der Waals surface area contributed by atoms with Crippen molar-refractivity contribution >= 4 is 11.9 Å². The van der Waals surface area contributed by atoms with Gasteiger partial charge in [0.2, 0.25) is 5.91 Å². The highest BCUT2D eigenvalue weighted by Gasteiger charge is 2.42. The minimum Gasteiger partial charge on any atom is -0.480 e. The number of aliphatic carboxylic acids is 1. The largest absolute Gasteiger partial charge is 0.480 e. The first-order valence-corrected chi connectivity index (χ1v) is 7.64. The Labute approximate surface area is 121 Å². The molecule has 1 atom stereocenters. The van der Waals surface area contributed by atoms with E-state index in [0.717, 1.165) is 25.7 Å². The number of nitrogens with two attached hydrogens (primary N) is 1. The van der Waals surface area contributed by atoms with Gasteiger partial charge >= 0.3 is 5.97 Å². The van der Waals surface area contributed by atoms with Gasteiger partial charge < -0.3 is 16.2 Å². The highest BCUT2D eigenvalue weighted by molar-refractivity contribution is 5.87. The Morgan fingerprint density at radius 2 is 1.95 bits per heavy atom. The first-order valence-electron chi connectivity index (χ1n) is 7.64. The molecule has 20 heavy (non-hydrogen) atoms. The number of nitrogens with one attached hydrogen (secondary N) is 1. The van der Waals surface area contributed by atoms with Crippen LogP contribution < -0.4 is 11.1 Å². The zero-order chi connectivity index (χ0) is 15.2. The fraction of sp³-hybridized carbons (Fsp3) is 0.867. The van der Waals surface area contributed by atoms with E-state index in [1.165, 1.54) is 0 Å². The van der Waals surface area contributed by atoms with E-state index in [4.69, 9.17) is 5.73 Å². The summed E-state index contributed by atoms with van der Waals surface area (Å²) in [4.78, 5) is 23.5. The Kier molecular flexibility index (Phi) is 6.46. The summed E-state index contributed by atoms with van der Waals surface area (Å²) in [5.41, 5.74) is 4.44. The van der Waals surface area contributed by atoms with Crippen LogP contribution in [0.3, 0.4) is 0 Å². The van der Waals surface area contributed by atoms with E-state index in [9.17, 15) is 14.7 Å². The van der Waals surface area contributed by atoms with Crippen LogP contribution >= 0.6 is 0 Å². The minimum atomic E-state index is -1.04. The molecule has 5 nitrogen and oxygen atoms in total. The molecular formula is C15H28N2O3. The van der Waals surface area contributed by atoms with Crippen LogP contribution in [0.1, 0.15) is 58.8 Å². The number of rotatable bonds is 7. The van der Waals surface area contributed by atoms with Crippen molar-refractivity contribution in [3.8, 4) is 0 Å². The highest BCUT2D eigenvalue weighted by Crippen LogP contribution is 2.32. The van der Waals surface area contributed by atoms with Gasteiger partial charge in [0.1, 0.15) is 5.54 Å². The van der Waals surface area contributed by atoms with Gasteiger partial charge in [0.05, 0.1) is 0 Å². The summed E-state index contributed by atoms with van der Waals surface area (Å²) in [5.74, 6) is -0.0968. The van der Waals surface area contributed by atoms with Crippen LogP contribution in [0.2, 0.25) is 0 Å². The van der Waals surface area contributed by atoms with Crippen LogP contribution in [0.25, 0.3) is 0 Å². The van der Waals surface area contributed by atoms with Crippen LogP contribution in [0.15, 0.2) is 0 Å². The Hall–Kier alpha value is -1.10. The number of carboxylic acid groups (broad SMARTS) is 1. The molecule has 1 rings (SSSR count). The summed E-state index contributed by atoms with van der Waals surface area (Å²) < 4.78 is 0. The fourth-order valence-corrected chi connectivity index (χ4v) is 2.78. The Morgan fingerprint density at radius 3 is 2.45 bits per heavy atom. The first-order chi connectivity index (χ1) is 9.39. The van der Waals surface area contributed by atoms with Crippen molar-refractivity contribution in [2.24, 2.45) is 17.6 Å². The van der Waals surface area contributed by atoms with Crippen molar-refractivity contribution in [1.29, 1.82) is 0 Å². The van der Waals surface area contributed by atoms with Crippen molar-refractivity contribution < 1.29 is 14.7 Å². The second-order valence-electron chi connectivity index (χ2n) is 6.34. The van der Waals surface area contributed by atoms with Crippen LogP contribution in [0.5, 0.6) is 0 Å². The van der Waals surface area contributed by atoms with Gasteiger partial charge in [0.15, 0.2) is 0 Å². The predicted molar refractivity (Wildman–Crippen MR) is 78.2 cm³/mol. The smallest absolute Gasteiger partial charge is 0.329 e. The van der Waals surface area contributed by atoms with Crippen molar-refractivity contribution in [2.75, 3.05) is 6.54 Å². The highest BCUT2D eigenvalue weighted by atomic mass is 16.4. The molecule has 0 aromatic carbocycles. The molecular weight excluding hydrogens is 256 g/mol. The van der Waals surface area contributed by atoms with E-state index in [0.29, 0.717) is 37.6 Å². The van der Waals surface area contributed by atoms with Gasteiger partial charge in [-0.25, -0.2) is 4.79 Å². The van der Waals surface area contributed by atoms with Gasteiger partial charge in [-0.2, -0.15) is 0 Å². The molecule has 116 valence electrons. The average Bonchev–Trinajstić information content (AvgIpc) is 2.39. The quantitative estimate of drug-likeness (QED) is 0.665. The Bertz CT molecular complexity index is 336. The molecule has 0 aliphatic heterocycles. The molecule has 0 aromatic rings. The van der Waals surface area contributed by atoms with Crippen molar-refractivity contribution in [2.45, 2.75) is 64.3 Å².